The number of carbonyl (C=O) groups excluding carboxylic acids is 3. The minimum Gasteiger partial charge on any atom is -0.289 e. The van der Waals surface area contributed by atoms with E-state index in [1.165, 1.54) is 0 Å². The van der Waals surface area contributed by atoms with E-state index < -0.39 is 11.7 Å². The number of nitrogens with one attached hydrogen (secondary N) is 1. The molecule has 1 radical (unpaired) electrons. The maximum absolute atomic E-state index is 10.0. The fourth-order valence-electron chi connectivity index (χ4n) is 0.134. The number of ketones is 1. The van der Waals surface area contributed by atoms with Gasteiger partial charge in [-0.3, -0.25) is 19.7 Å². The highest BCUT2D eigenvalue weighted by Gasteiger charge is 2.03. The van der Waals surface area contributed by atoms with Crippen molar-refractivity contribution in [3.8, 4) is 0 Å². The third-order valence-electron chi connectivity index (χ3n) is 0.484. The second kappa shape index (κ2) is 2.90. The fourth-order valence-corrected chi connectivity index (χ4v) is 0.134. The summed E-state index contributed by atoms with van der Waals surface area (Å²) in [5, 5.41) is 1.55. The average Bonchev–Trinajstić information content (AvgIpc) is 1.67. The predicted octanol–water partition coefficient (Wildman–Crippen LogP) is -1.24. The topological polar surface area (TPSA) is 63.2 Å². The maximum Gasteiger partial charge on any atom is 0.316 e. The largest absolute Gasteiger partial charge is 0.316 e. The zero-order valence-corrected chi connectivity index (χ0v) is 4.22. The first-order valence-corrected chi connectivity index (χ1v) is 1.86. The number of amides is 2. The Morgan fingerprint density at radius 3 is 2.12 bits per heavy atom. The van der Waals surface area contributed by atoms with Gasteiger partial charge in [-0.1, -0.05) is 0 Å². The Kier molecular flexibility index (Phi) is 2.47. The van der Waals surface area contributed by atoms with Crippen molar-refractivity contribution >= 4 is 18.1 Å². The van der Waals surface area contributed by atoms with Gasteiger partial charge in [0.2, 0.25) is 5.78 Å². The van der Waals surface area contributed by atoms with Crippen LogP contribution in [-0.2, 0) is 14.4 Å². The standard InChI is InChI=1S/C4H4NO3/c1-3(7)4(8)5-2-6/h1H3,(H,5,6,8). The first-order valence-electron chi connectivity index (χ1n) is 1.86. The molecule has 0 aromatic rings. The van der Waals surface area contributed by atoms with Gasteiger partial charge in [-0.2, -0.15) is 0 Å². The SMILES string of the molecule is CC(=O)C(=O)N[C]=O. The summed E-state index contributed by atoms with van der Waals surface area (Å²) < 4.78 is 0. The molecular formula is C4H4NO3. The lowest BCUT2D eigenvalue weighted by atomic mass is 10.4. The molecule has 0 spiro atoms. The molecule has 0 saturated heterocycles. The van der Waals surface area contributed by atoms with Crippen LogP contribution in [0.15, 0.2) is 0 Å². The van der Waals surface area contributed by atoms with Crippen molar-refractivity contribution in [2.24, 2.45) is 0 Å². The summed E-state index contributed by atoms with van der Waals surface area (Å²) in [5.74, 6) is -1.63. The van der Waals surface area contributed by atoms with Gasteiger partial charge in [0, 0.05) is 6.92 Å². The molecule has 0 aliphatic heterocycles. The molecule has 43 valence electrons. The van der Waals surface area contributed by atoms with Gasteiger partial charge >= 0.3 is 6.41 Å². The first-order chi connectivity index (χ1) is 3.68. The van der Waals surface area contributed by atoms with Crippen molar-refractivity contribution in [2.45, 2.75) is 6.92 Å². The van der Waals surface area contributed by atoms with E-state index in [1.807, 2.05) is 0 Å². The Hall–Kier alpha value is -1.19. The second-order valence-electron chi connectivity index (χ2n) is 1.11. The summed E-state index contributed by atoms with van der Waals surface area (Å²) in [6, 6.07) is 0. The molecule has 1 N–H and O–H groups in total. The van der Waals surface area contributed by atoms with Crippen LogP contribution >= 0.6 is 0 Å². The third-order valence-corrected chi connectivity index (χ3v) is 0.484. The summed E-state index contributed by atoms with van der Waals surface area (Å²) in [7, 11) is 0. The van der Waals surface area contributed by atoms with Gasteiger partial charge in [-0.05, 0) is 0 Å². The van der Waals surface area contributed by atoms with Crippen LogP contribution in [0.1, 0.15) is 6.92 Å². The lowest BCUT2D eigenvalue weighted by Crippen LogP contribution is -2.27. The Labute approximate surface area is 45.9 Å². The summed E-state index contributed by atoms with van der Waals surface area (Å²) in [5.41, 5.74) is 0. The highest BCUT2D eigenvalue weighted by atomic mass is 16.2. The van der Waals surface area contributed by atoms with Crippen molar-refractivity contribution < 1.29 is 14.4 Å². The van der Waals surface area contributed by atoms with Crippen molar-refractivity contribution in [3.63, 3.8) is 0 Å². The van der Waals surface area contributed by atoms with Crippen LogP contribution in [0.5, 0.6) is 0 Å². The monoisotopic (exact) mass is 114 g/mol. The molecule has 0 aliphatic carbocycles. The number of carbonyl (C=O) groups is 2. The van der Waals surface area contributed by atoms with Crippen molar-refractivity contribution in [3.05, 3.63) is 0 Å². The van der Waals surface area contributed by atoms with E-state index >= 15 is 0 Å². The normalized spacial score (nSPS) is 7.62. The van der Waals surface area contributed by atoms with E-state index in [0.717, 1.165) is 13.3 Å². The van der Waals surface area contributed by atoms with Crippen molar-refractivity contribution in [2.75, 3.05) is 0 Å². The zero-order chi connectivity index (χ0) is 6.57. The second-order valence-corrected chi connectivity index (χ2v) is 1.11. The molecule has 4 nitrogen and oxygen atoms in total. The van der Waals surface area contributed by atoms with Crippen molar-refractivity contribution in [1.82, 2.24) is 5.32 Å². The maximum atomic E-state index is 10.0. The smallest absolute Gasteiger partial charge is 0.289 e. The Balaban J connectivity index is 3.65. The Morgan fingerprint density at radius 2 is 2.00 bits per heavy atom. The molecule has 0 bridgehead atoms. The van der Waals surface area contributed by atoms with Gasteiger partial charge in [0.05, 0.1) is 0 Å². The number of hydrogen-bond donors (Lipinski definition) is 1. The number of hydrogen-bond acceptors (Lipinski definition) is 3. The van der Waals surface area contributed by atoms with Gasteiger partial charge in [0.25, 0.3) is 5.91 Å². The van der Waals surface area contributed by atoms with Gasteiger partial charge in [0.15, 0.2) is 0 Å². The quantitative estimate of drug-likeness (QED) is 0.360. The van der Waals surface area contributed by atoms with E-state index in [0.29, 0.717) is 0 Å². The van der Waals surface area contributed by atoms with Crippen molar-refractivity contribution in [1.29, 1.82) is 0 Å². The molecule has 0 aromatic heterocycles. The zero-order valence-electron chi connectivity index (χ0n) is 4.22. The summed E-state index contributed by atoms with van der Waals surface area (Å²) >= 11 is 0. The van der Waals surface area contributed by atoms with E-state index in [2.05, 4.69) is 0 Å². The molecule has 0 fully saturated rings. The van der Waals surface area contributed by atoms with E-state index in [9.17, 15) is 14.4 Å². The fraction of sp³-hybridized carbons (Fsp3) is 0.250. The van der Waals surface area contributed by atoms with Crippen LogP contribution in [0.25, 0.3) is 0 Å². The van der Waals surface area contributed by atoms with Crippen LogP contribution in [0.4, 0.5) is 0 Å². The van der Waals surface area contributed by atoms with Crippen LogP contribution in [0.3, 0.4) is 0 Å². The van der Waals surface area contributed by atoms with E-state index in [4.69, 9.17) is 0 Å². The summed E-state index contributed by atoms with van der Waals surface area (Å²) in [6.45, 7) is 1.06. The Bertz CT molecular complexity index is 129. The minimum atomic E-state index is -0.931. The van der Waals surface area contributed by atoms with E-state index in [1.54, 1.807) is 5.32 Å². The molecular weight excluding hydrogens is 110 g/mol. The van der Waals surface area contributed by atoms with Gasteiger partial charge in [-0.25, -0.2) is 0 Å². The van der Waals surface area contributed by atoms with Gasteiger partial charge < -0.3 is 0 Å². The molecule has 0 heterocycles. The lowest BCUT2D eigenvalue weighted by molar-refractivity contribution is -0.135. The number of Topliss-reactive ketones (excluding diaryl/α,β-unsaturated/α-hetero) is 1. The summed E-state index contributed by atoms with van der Waals surface area (Å²) in [6.07, 6.45) is 1.08. The number of rotatable bonds is 2. The van der Waals surface area contributed by atoms with Crippen LogP contribution in [0.2, 0.25) is 0 Å². The minimum absolute atomic E-state index is 0.701. The molecule has 8 heavy (non-hydrogen) atoms. The lowest BCUT2D eigenvalue weighted by Gasteiger charge is -1.84. The third kappa shape index (κ3) is 2.07. The summed E-state index contributed by atoms with van der Waals surface area (Å²) in [4.78, 5) is 29.3. The van der Waals surface area contributed by atoms with E-state index in [-0.39, 0.29) is 0 Å². The highest BCUT2D eigenvalue weighted by molar-refractivity contribution is 6.36. The highest BCUT2D eigenvalue weighted by Crippen LogP contribution is 1.63. The molecule has 0 aliphatic rings. The molecule has 2 amide bonds. The molecule has 0 rings (SSSR count). The number of imide groups is 1. The average molecular weight is 114 g/mol. The molecule has 0 unspecified atom stereocenters. The molecule has 0 saturated carbocycles. The molecule has 4 heteroatoms. The Morgan fingerprint density at radius 1 is 1.50 bits per heavy atom. The predicted molar refractivity (Wildman–Crippen MR) is 24.5 cm³/mol. The van der Waals surface area contributed by atoms with Gasteiger partial charge in [0.1, 0.15) is 0 Å². The van der Waals surface area contributed by atoms with Gasteiger partial charge in [-0.15, -0.1) is 0 Å². The molecule has 0 aromatic carbocycles. The molecule has 0 atom stereocenters. The van der Waals surface area contributed by atoms with Crippen LogP contribution in [-0.4, -0.2) is 18.1 Å². The van der Waals surface area contributed by atoms with Crippen LogP contribution < -0.4 is 5.32 Å². The first kappa shape index (κ1) is 6.81. The van der Waals surface area contributed by atoms with Crippen LogP contribution in [0, 0.1) is 0 Å².